The number of carbonyl (C=O) groups excluding carboxylic acids is 1. The molecular formula is C24H21F4N5O2. The molecule has 7 nitrogen and oxygen atoms in total. The van der Waals surface area contributed by atoms with Gasteiger partial charge in [0.05, 0.1) is 17.5 Å². The van der Waals surface area contributed by atoms with Gasteiger partial charge in [-0.2, -0.15) is 13.2 Å². The number of hydrogen-bond donors (Lipinski definition) is 0. The molecule has 2 fully saturated rings. The molecule has 11 heteroatoms. The Morgan fingerprint density at radius 1 is 1.11 bits per heavy atom. The van der Waals surface area contributed by atoms with Crippen molar-refractivity contribution in [2.24, 2.45) is 18.9 Å². The fourth-order valence-corrected chi connectivity index (χ4v) is 4.92. The van der Waals surface area contributed by atoms with Crippen molar-refractivity contribution in [1.29, 1.82) is 0 Å². The SMILES string of the molecule is CN(c1nc(-c2ccncc2F)cc(=O)n1C)C1[C@H]2CN(C(=O)c3ccc(C(F)(F)F)cc3)C[C@@H]12. The van der Waals surface area contributed by atoms with E-state index in [1.165, 1.54) is 35.0 Å². The highest BCUT2D eigenvalue weighted by molar-refractivity contribution is 5.94. The molecule has 1 amide bonds. The zero-order valence-electron chi connectivity index (χ0n) is 18.8. The van der Waals surface area contributed by atoms with Crippen molar-refractivity contribution in [3.8, 4) is 11.3 Å². The van der Waals surface area contributed by atoms with Crippen molar-refractivity contribution < 1.29 is 22.4 Å². The maximum absolute atomic E-state index is 14.2. The van der Waals surface area contributed by atoms with Crippen molar-refractivity contribution in [3.05, 3.63) is 76.1 Å². The maximum Gasteiger partial charge on any atom is 0.416 e. The van der Waals surface area contributed by atoms with E-state index in [0.29, 0.717) is 19.0 Å². The van der Waals surface area contributed by atoms with Crippen LogP contribution in [0.3, 0.4) is 0 Å². The Kier molecular flexibility index (Phi) is 5.37. The quantitative estimate of drug-likeness (QED) is 0.529. The second kappa shape index (κ2) is 8.17. The summed E-state index contributed by atoms with van der Waals surface area (Å²) < 4.78 is 54.0. The summed E-state index contributed by atoms with van der Waals surface area (Å²) in [6.45, 7) is 0.901. The average molecular weight is 487 g/mol. The Morgan fingerprint density at radius 3 is 2.37 bits per heavy atom. The van der Waals surface area contributed by atoms with E-state index in [1.807, 2.05) is 4.90 Å². The third-order valence-corrected chi connectivity index (χ3v) is 6.82. The molecule has 1 aliphatic heterocycles. The smallest absolute Gasteiger partial charge is 0.342 e. The van der Waals surface area contributed by atoms with Crippen LogP contribution in [0, 0.1) is 17.7 Å². The molecule has 0 bridgehead atoms. The van der Waals surface area contributed by atoms with Crippen LogP contribution in [0.2, 0.25) is 0 Å². The van der Waals surface area contributed by atoms with Gasteiger partial charge in [0.25, 0.3) is 11.5 Å². The molecule has 0 spiro atoms. The number of carbonyl (C=O) groups is 1. The van der Waals surface area contributed by atoms with Crippen LogP contribution in [0.5, 0.6) is 0 Å². The fourth-order valence-electron chi connectivity index (χ4n) is 4.92. The van der Waals surface area contributed by atoms with Crippen LogP contribution in [0.25, 0.3) is 11.3 Å². The molecule has 1 saturated heterocycles. The summed E-state index contributed by atoms with van der Waals surface area (Å²) in [5, 5.41) is 0. The van der Waals surface area contributed by atoms with Crippen molar-refractivity contribution in [1.82, 2.24) is 19.4 Å². The second-order valence-corrected chi connectivity index (χ2v) is 8.91. The van der Waals surface area contributed by atoms with Crippen molar-refractivity contribution >= 4 is 11.9 Å². The minimum atomic E-state index is -4.46. The summed E-state index contributed by atoms with van der Waals surface area (Å²) in [7, 11) is 3.39. The number of halogens is 4. The molecule has 35 heavy (non-hydrogen) atoms. The van der Waals surface area contributed by atoms with Gasteiger partial charge in [0.1, 0.15) is 0 Å². The number of piperidine rings is 1. The molecule has 1 unspecified atom stereocenters. The lowest BCUT2D eigenvalue weighted by Crippen LogP contribution is -2.38. The number of fused-ring (bicyclic) bond motifs is 1. The summed E-state index contributed by atoms with van der Waals surface area (Å²) in [5.74, 6) is -0.243. The Hall–Kier alpha value is -3.76. The van der Waals surface area contributed by atoms with E-state index in [1.54, 1.807) is 19.0 Å². The number of pyridine rings is 1. The average Bonchev–Trinajstić information content (AvgIpc) is 3.32. The third-order valence-electron chi connectivity index (χ3n) is 6.82. The molecule has 5 rings (SSSR count). The van der Waals surface area contributed by atoms with Crippen molar-refractivity contribution in [3.63, 3.8) is 0 Å². The van der Waals surface area contributed by atoms with Crippen molar-refractivity contribution in [2.45, 2.75) is 12.2 Å². The number of aromatic nitrogens is 3. The van der Waals surface area contributed by atoms with Gasteiger partial charge in [0.2, 0.25) is 5.95 Å². The summed E-state index contributed by atoms with van der Waals surface area (Å²) >= 11 is 0. The lowest BCUT2D eigenvalue weighted by atomic mass is 10.1. The molecule has 3 atom stereocenters. The van der Waals surface area contributed by atoms with Gasteiger partial charge in [0, 0.05) is 68.5 Å². The molecule has 3 heterocycles. The zero-order valence-corrected chi connectivity index (χ0v) is 18.8. The summed E-state index contributed by atoms with van der Waals surface area (Å²) in [6.07, 6.45) is -1.97. The van der Waals surface area contributed by atoms with Gasteiger partial charge in [0.15, 0.2) is 5.82 Å². The predicted molar refractivity (Wildman–Crippen MR) is 119 cm³/mol. The molecule has 0 radical (unpaired) electrons. The summed E-state index contributed by atoms with van der Waals surface area (Å²) in [4.78, 5) is 37.1. The minimum absolute atomic E-state index is 0.0299. The van der Waals surface area contributed by atoms with Crippen LogP contribution in [0.4, 0.5) is 23.5 Å². The van der Waals surface area contributed by atoms with Gasteiger partial charge in [-0.1, -0.05) is 0 Å². The van der Waals surface area contributed by atoms with Crippen LogP contribution < -0.4 is 10.5 Å². The predicted octanol–water partition coefficient (Wildman–Crippen LogP) is 3.21. The molecule has 3 aromatic rings. The van der Waals surface area contributed by atoms with Gasteiger partial charge in [-0.15, -0.1) is 0 Å². The van der Waals surface area contributed by atoms with E-state index in [2.05, 4.69) is 9.97 Å². The molecule has 2 aromatic heterocycles. The van der Waals surface area contributed by atoms with Crippen LogP contribution >= 0.6 is 0 Å². The number of likely N-dealkylation sites (tertiary alicyclic amines) is 1. The first-order valence-corrected chi connectivity index (χ1v) is 10.9. The van der Waals surface area contributed by atoms with Crippen LogP contribution in [-0.2, 0) is 13.2 Å². The number of hydrogen-bond acceptors (Lipinski definition) is 5. The van der Waals surface area contributed by atoms with E-state index in [4.69, 9.17) is 0 Å². The molecular weight excluding hydrogens is 466 g/mol. The van der Waals surface area contributed by atoms with E-state index in [9.17, 15) is 27.2 Å². The first-order valence-electron chi connectivity index (χ1n) is 10.9. The molecule has 2 aliphatic rings. The molecule has 1 aromatic carbocycles. The maximum atomic E-state index is 14.2. The Balaban J connectivity index is 1.30. The Morgan fingerprint density at radius 2 is 1.77 bits per heavy atom. The first-order chi connectivity index (χ1) is 16.6. The number of benzene rings is 1. The number of anilines is 1. The first kappa shape index (κ1) is 23.0. The number of amides is 1. The number of rotatable bonds is 4. The van der Waals surface area contributed by atoms with Gasteiger partial charge < -0.3 is 9.80 Å². The van der Waals surface area contributed by atoms with Gasteiger partial charge >= 0.3 is 6.18 Å². The van der Waals surface area contributed by atoms with Crippen molar-refractivity contribution in [2.75, 3.05) is 25.0 Å². The number of alkyl halides is 3. The van der Waals surface area contributed by atoms with Gasteiger partial charge in [-0.3, -0.25) is 19.1 Å². The molecule has 182 valence electrons. The summed E-state index contributed by atoms with van der Waals surface area (Å²) in [6, 6.07) is 6.97. The highest BCUT2D eigenvalue weighted by Crippen LogP contribution is 2.49. The third kappa shape index (κ3) is 4.04. The van der Waals surface area contributed by atoms with E-state index in [-0.39, 0.29) is 46.2 Å². The highest BCUT2D eigenvalue weighted by atomic mass is 19.4. The Labute approximate surface area is 197 Å². The monoisotopic (exact) mass is 487 g/mol. The van der Waals surface area contributed by atoms with E-state index in [0.717, 1.165) is 18.3 Å². The van der Waals surface area contributed by atoms with Crippen LogP contribution in [0.1, 0.15) is 15.9 Å². The largest absolute Gasteiger partial charge is 0.416 e. The minimum Gasteiger partial charge on any atom is -0.342 e. The lowest BCUT2D eigenvalue weighted by Gasteiger charge is -2.26. The van der Waals surface area contributed by atoms with Gasteiger partial charge in [-0.25, -0.2) is 9.37 Å². The fraction of sp³-hybridized carbons (Fsp3) is 0.333. The normalized spacial score (nSPS) is 21.1. The lowest BCUT2D eigenvalue weighted by molar-refractivity contribution is -0.137. The Bertz CT molecular complexity index is 1340. The molecule has 1 saturated carbocycles. The molecule has 1 aliphatic carbocycles. The van der Waals surface area contributed by atoms with Crippen LogP contribution in [0.15, 0.2) is 53.6 Å². The van der Waals surface area contributed by atoms with Gasteiger partial charge in [-0.05, 0) is 30.3 Å². The summed E-state index contributed by atoms with van der Waals surface area (Å²) in [5.41, 5.74) is -0.540. The van der Waals surface area contributed by atoms with Crippen LogP contribution in [-0.4, -0.2) is 51.5 Å². The topological polar surface area (TPSA) is 71.3 Å². The van der Waals surface area contributed by atoms with E-state index < -0.39 is 17.6 Å². The highest BCUT2D eigenvalue weighted by Gasteiger charge is 2.59. The zero-order chi connectivity index (χ0) is 25.1. The molecule has 0 N–H and O–H groups in total. The van der Waals surface area contributed by atoms with E-state index >= 15 is 0 Å². The number of nitrogens with zero attached hydrogens (tertiary/aromatic N) is 5. The second-order valence-electron chi connectivity index (χ2n) is 8.91. The standard InChI is InChI=1S/C24H21F4N5O2/c1-31-20(34)9-19(15-7-8-29-10-18(15)25)30-23(31)32(2)21-16-11-33(12-17(16)21)22(35)13-3-5-14(6-4-13)24(26,27)28/h3-10,16-17,21H,11-12H2,1-2H3/t16-,17+,21?.